The van der Waals surface area contributed by atoms with Gasteiger partial charge in [0.25, 0.3) is 0 Å². The number of hydrogen-bond acceptors (Lipinski definition) is 2. The molecule has 1 aromatic carbocycles. The maximum Gasteiger partial charge on any atom is 0.0547 e. The predicted molar refractivity (Wildman–Crippen MR) is 82.5 cm³/mol. The highest BCUT2D eigenvalue weighted by Crippen LogP contribution is 2.05. The van der Waals surface area contributed by atoms with Crippen molar-refractivity contribution >= 4 is 0 Å². The molecular weight excluding hydrogens is 234 g/mol. The quantitative estimate of drug-likeness (QED) is 0.648. The van der Waals surface area contributed by atoms with Crippen LogP contribution in [0.5, 0.6) is 0 Å². The van der Waals surface area contributed by atoms with Gasteiger partial charge in [0.05, 0.1) is 6.10 Å². The molecule has 0 aliphatic carbocycles. The SMILES string of the molecule is CC(C)NCCCC(C)OCCCc1ccccc1. The Labute approximate surface area is 118 Å². The Morgan fingerprint density at radius 2 is 1.79 bits per heavy atom. The molecule has 1 N–H and O–H groups in total. The van der Waals surface area contributed by atoms with Crippen LogP contribution in [0, 0.1) is 0 Å². The molecule has 0 amide bonds. The molecule has 1 unspecified atom stereocenters. The van der Waals surface area contributed by atoms with Crippen molar-refractivity contribution in [1.82, 2.24) is 5.32 Å². The van der Waals surface area contributed by atoms with E-state index in [-0.39, 0.29) is 0 Å². The van der Waals surface area contributed by atoms with Crippen molar-refractivity contribution in [3.63, 3.8) is 0 Å². The van der Waals surface area contributed by atoms with Gasteiger partial charge in [-0.3, -0.25) is 0 Å². The molecule has 1 aromatic rings. The molecule has 19 heavy (non-hydrogen) atoms. The first-order chi connectivity index (χ1) is 9.18. The van der Waals surface area contributed by atoms with E-state index in [4.69, 9.17) is 4.74 Å². The van der Waals surface area contributed by atoms with Crippen LogP contribution in [0.15, 0.2) is 30.3 Å². The maximum absolute atomic E-state index is 5.84. The van der Waals surface area contributed by atoms with Gasteiger partial charge < -0.3 is 10.1 Å². The van der Waals surface area contributed by atoms with Gasteiger partial charge in [0.15, 0.2) is 0 Å². The molecule has 1 atom stereocenters. The van der Waals surface area contributed by atoms with Crippen LogP contribution < -0.4 is 5.32 Å². The number of nitrogens with one attached hydrogen (secondary N) is 1. The molecule has 0 radical (unpaired) electrons. The molecule has 0 heterocycles. The van der Waals surface area contributed by atoms with Crippen molar-refractivity contribution in [2.45, 2.75) is 58.6 Å². The lowest BCUT2D eigenvalue weighted by Crippen LogP contribution is -2.24. The summed E-state index contributed by atoms with van der Waals surface area (Å²) in [6.45, 7) is 8.51. The second-order valence-electron chi connectivity index (χ2n) is 5.52. The van der Waals surface area contributed by atoms with E-state index in [1.807, 2.05) is 0 Å². The summed E-state index contributed by atoms with van der Waals surface area (Å²) in [5.41, 5.74) is 1.40. The normalized spacial score (nSPS) is 12.8. The van der Waals surface area contributed by atoms with E-state index in [2.05, 4.69) is 56.4 Å². The number of hydrogen-bond donors (Lipinski definition) is 1. The van der Waals surface area contributed by atoms with Gasteiger partial charge in [-0.1, -0.05) is 44.2 Å². The molecule has 108 valence electrons. The third-order valence-corrected chi connectivity index (χ3v) is 3.19. The van der Waals surface area contributed by atoms with E-state index < -0.39 is 0 Å². The molecule has 0 fully saturated rings. The van der Waals surface area contributed by atoms with Crippen LogP contribution in [0.2, 0.25) is 0 Å². The Hall–Kier alpha value is -0.860. The lowest BCUT2D eigenvalue weighted by atomic mass is 10.1. The Bertz CT molecular complexity index is 310. The van der Waals surface area contributed by atoms with Gasteiger partial charge in [0, 0.05) is 12.6 Å². The number of rotatable bonds is 10. The zero-order chi connectivity index (χ0) is 13.9. The van der Waals surface area contributed by atoms with Gasteiger partial charge in [-0.05, 0) is 44.7 Å². The third kappa shape index (κ3) is 8.79. The van der Waals surface area contributed by atoms with Gasteiger partial charge in [0.1, 0.15) is 0 Å². The minimum atomic E-state index is 0.379. The zero-order valence-electron chi connectivity index (χ0n) is 12.7. The first-order valence-corrected chi connectivity index (χ1v) is 7.57. The molecule has 0 saturated carbocycles. The smallest absolute Gasteiger partial charge is 0.0547 e. The Balaban J connectivity index is 1.97. The number of benzene rings is 1. The van der Waals surface area contributed by atoms with Crippen molar-refractivity contribution in [1.29, 1.82) is 0 Å². The summed E-state index contributed by atoms with van der Waals surface area (Å²) in [4.78, 5) is 0. The topological polar surface area (TPSA) is 21.3 Å². The molecular formula is C17H29NO. The fraction of sp³-hybridized carbons (Fsp3) is 0.647. The molecule has 2 heteroatoms. The first-order valence-electron chi connectivity index (χ1n) is 7.57. The van der Waals surface area contributed by atoms with Crippen LogP contribution in [0.4, 0.5) is 0 Å². The fourth-order valence-electron chi connectivity index (χ4n) is 2.07. The molecule has 0 aliphatic rings. The average molecular weight is 263 g/mol. The van der Waals surface area contributed by atoms with E-state index in [9.17, 15) is 0 Å². The Morgan fingerprint density at radius 3 is 2.47 bits per heavy atom. The fourth-order valence-corrected chi connectivity index (χ4v) is 2.07. The van der Waals surface area contributed by atoms with Crippen LogP contribution in [0.3, 0.4) is 0 Å². The second-order valence-corrected chi connectivity index (χ2v) is 5.52. The van der Waals surface area contributed by atoms with Crippen molar-refractivity contribution in [3.8, 4) is 0 Å². The first kappa shape index (κ1) is 16.2. The Morgan fingerprint density at radius 1 is 1.05 bits per heavy atom. The van der Waals surface area contributed by atoms with Crippen LogP contribution >= 0.6 is 0 Å². The summed E-state index contributed by atoms with van der Waals surface area (Å²) >= 11 is 0. The summed E-state index contributed by atoms with van der Waals surface area (Å²) in [7, 11) is 0. The van der Waals surface area contributed by atoms with E-state index in [0.29, 0.717) is 12.1 Å². The molecule has 2 nitrogen and oxygen atoms in total. The highest BCUT2D eigenvalue weighted by atomic mass is 16.5. The summed E-state index contributed by atoms with van der Waals surface area (Å²) in [5, 5.41) is 3.43. The van der Waals surface area contributed by atoms with Gasteiger partial charge in [0.2, 0.25) is 0 Å². The summed E-state index contributed by atoms with van der Waals surface area (Å²) in [5.74, 6) is 0. The predicted octanol–water partition coefficient (Wildman–Crippen LogP) is 3.80. The third-order valence-electron chi connectivity index (χ3n) is 3.19. The lowest BCUT2D eigenvalue weighted by molar-refractivity contribution is 0.0574. The van der Waals surface area contributed by atoms with E-state index in [1.54, 1.807) is 0 Å². The minimum absolute atomic E-state index is 0.379. The molecule has 0 aromatic heterocycles. The molecule has 0 aliphatic heterocycles. The highest BCUT2D eigenvalue weighted by Gasteiger charge is 2.02. The van der Waals surface area contributed by atoms with Crippen LogP contribution in [0.25, 0.3) is 0 Å². The van der Waals surface area contributed by atoms with Crippen LogP contribution in [-0.2, 0) is 11.2 Å². The van der Waals surface area contributed by atoms with Crippen molar-refractivity contribution in [2.75, 3.05) is 13.2 Å². The van der Waals surface area contributed by atoms with Crippen molar-refractivity contribution in [2.24, 2.45) is 0 Å². The van der Waals surface area contributed by atoms with Crippen LogP contribution in [-0.4, -0.2) is 25.3 Å². The molecule has 1 rings (SSSR count). The monoisotopic (exact) mass is 263 g/mol. The number of aryl methyl sites for hydroxylation is 1. The standard InChI is InChI=1S/C17H29NO/c1-15(2)18-13-7-9-16(3)19-14-8-12-17-10-5-4-6-11-17/h4-6,10-11,15-16,18H,7-9,12-14H2,1-3H3. The van der Waals surface area contributed by atoms with Gasteiger partial charge >= 0.3 is 0 Å². The summed E-state index contributed by atoms with van der Waals surface area (Å²) < 4.78 is 5.84. The Kier molecular flexibility index (Phi) is 8.52. The zero-order valence-corrected chi connectivity index (χ0v) is 12.7. The second kappa shape index (κ2) is 9.99. The van der Waals surface area contributed by atoms with Gasteiger partial charge in [-0.2, -0.15) is 0 Å². The molecule has 0 bridgehead atoms. The lowest BCUT2D eigenvalue weighted by Gasteiger charge is -2.14. The van der Waals surface area contributed by atoms with Gasteiger partial charge in [-0.15, -0.1) is 0 Å². The molecule has 0 saturated heterocycles. The molecule has 0 spiro atoms. The van der Waals surface area contributed by atoms with Crippen LogP contribution in [0.1, 0.15) is 45.6 Å². The van der Waals surface area contributed by atoms with Crippen molar-refractivity contribution in [3.05, 3.63) is 35.9 Å². The highest BCUT2D eigenvalue weighted by molar-refractivity contribution is 5.14. The van der Waals surface area contributed by atoms with E-state index in [0.717, 1.165) is 32.4 Å². The maximum atomic E-state index is 5.84. The summed E-state index contributed by atoms with van der Waals surface area (Å²) in [6, 6.07) is 11.2. The van der Waals surface area contributed by atoms with E-state index in [1.165, 1.54) is 12.0 Å². The largest absolute Gasteiger partial charge is 0.378 e. The van der Waals surface area contributed by atoms with E-state index >= 15 is 0 Å². The summed E-state index contributed by atoms with van der Waals surface area (Å²) in [6.07, 6.45) is 4.94. The minimum Gasteiger partial charge on any atom is -0.378 e. The number of ether oxygens (including phenoxy) is 1. The van der Waals surface area contributed by atoms with Gasteiger partial charge in [-0.25, -0.2) is 0 Å². The average Bonchev–Trinajstić information content (AvgIpc) is 2.41. The van der Waals surface area contributed by atoms with Crippen molar-refractivity contribution < 1.29 is 4.74 Å².